The average Bonchev–Trinajstić information content (AvgIpc) is 2.34. The van der Waals surface area contributed by atoms with Crippen LogP contribution < -0.4 is 5.32 Å². The number of nitrogens with one attached hydrogen (secondary N) is 1. The number of aryl methyl sites for hydroxylation is 2. The summed E-state index contributed by atoms with van der Waals surface area (Å²) in [5, 5.41) is 3.51. The molecule has 0 heterocycles. The molecule has 0 aliphatic heterocycles. The van der Waals surface area contributed by atoms with Gasteiger partial charge in [-0.1, -0.05) is 44.0 Å². The lowest BCUT2D eigenvalue weighted by atomic mass is 9.99. The normalized spacial score (nSPS) is 12.7. The van der Waals surface area contributed by atoms with Crippen LogP contribution in [-0.2, 0) is 4.74 Å². The first-order valence-electron chi connectivity index (χ1n) is 7.07. The highest BCUT2D eigenvalue weighted by Crippen LogP contribution is 2.19. The molecule has 0 aliphatic rings. The SMILES string of the molecule is CCCCOCC(NCC)c1ccc(C)cc1C. The minimum Gasteiger partial charge on any atom is -0.379 e. The molecular formula is C16H27NO. The molecule has 1 aromatic carbocycles. The van der Waals surface area contributed by atoms with Gasteiger partial charge >= 0.3 is 0 Å². The number of unbranched alkanes of at least 4 members (excludes halogenated alkanes) is 1. The van der Waals surface area contributed by atoms with Gasteiger partial charge in [-0.05, 0) is 37.9 Å². The van der Waals surface area contributed by atoms with Gasteiger partial charge in [-0.15, -0.1) is 0 Å². The molecule has 1 N–H and O–H groups in total. The number of hydrogen-bond donors (Lipinski definition) is 1. The van der Waals surface area contributed by atoms with E-state index in [1.54, 1.807) is 0 Å². The largest absolute Gasteiger partial charge is 0.379 e. The molecule has 0 saturated heterocycles. The molecule has 0 spiro atoms. The van der Waals surface area contributed by atoms with Crippen LogP contribution in [0.15, 0.2) is 18.2 Å². The zero-order valence-electron chi connectivity index (χ0n) is 12.3. The molecule has 0 fully saturated rings. The van der Waals surface area contributed by atoms with Crippen LogP contribution in [0.2, 0.25) is 0 Å². The van der Waals surface area contributed by atoms with Gasteiger partial charge in [0.2, 0.25) is 0 Å². The van der Waals surface area contributed by atoms with Crippen molar-refractivity contribution >= 4 is 0 Å². The summed E-state index contributed by atoms with van der Waals surface area (Å²) in [7, 11) is 0. The van der Waals surface area contributed by atoms with E-state index in [0.29, 0.717) is 6.04 Å². The maximum Gasteiger partial charge on any atom is 0.0661 e. The molecule has 1 rings (SSSR count). The van der Waals surface area contributed by atoms with Gasteiger partial charge < -0.3 is 10.1 Å². The van der Waals surface area contributed by atoms with Crippen molar-refractivity contribution in [2.45, 2.75) is 46.6 Å². The van der Waals surface area contributed by atoms with Gasteiger partial charge in [0.25, 0.3) is 0 Å². The van der Waals surface area contributed by atoms with Crippen molar-refractivity contribution in [3.8, 4) is 0 Å². The molecule has 0 amide bonds. The monoisotopic (exact) mass is 249 g/mol. The fourth-order valence-electron chi connectivity index (χ4n) is 2.17. The molecule has 18 heavy (non-hydrogen) atoms. The summed E-state index contributed by atoms with van der Waals surface area (Å²) in [6.07, 6.45) is 2.33. The molecule has 0 bridgehead atoms. The van der Waals surface area contributed by atoms with Crippen LogP contribution in [-0.4, -0.2) is 19.8 Å². The van der Waals surface area contributed by atoms with Crippen LogP contribution in [0.25, 0.3) is 0 Å². The Bertz CT molecular complexity index is 349. The van der Waals surface area contributed by atoms with E-state index in [1.165, 1.54) is 23.1 Å². The van der Waals surface area contributed by atoms with E-state index in [0.717, 1.165) is 26.2 Å². The molecule has 2 heteroatoms. The minimum absolute atomic E-state index is 0.312. The predicted molar refractivity (Wildman–Crippen MR) is 78.1 cm³/mol. The van der Waals surface area contributed by atoms with Crippen molar-refractivity contribution in [3.05, 3.63) is 34.9 Å². The fraction of sp³-hybridized carbons (Fsp3) is 0.625. The van der Waals surface area contributed by atoms with E-state index >= 15 is 0 Å². The van der Waals surface area contributed by atoms with Gasteiger partial charge in [0.05, 0.1) is 12.6 Å². The summed E-state index contributed by atoms with van der Waals surface area (Å²) < 4.78 is 5.77. The second-order valence-corrected chi connectivity index (χ2v) is 4.90. The highest BCUT2D eigenvalue weighted by molar-refractivity contribution is 5.32. The number of rotatable bonds is 8. The van der Waals surface area contributed by atoms with Crippen molar-refractivity contribution in [1.29, 1.82) is 0 Å². The van der Waals surface area contributed by atoms with E-state index in [4.69, 9.17) is 4.74 Å². The lowest BCUT2D eigenvalue weighted by Gasteiger charge is -2.20. The number of likely N-dealkylation sites (N-methyl/N-ethyl adjacent to an activating group) is 1. The van der Waals surface area contributed by atoms with E-state index < -0.39 is 0 Å². The summed E-state index contributed by atoms with van der Waals surface area (Å²) in [5.74, 6) is 0. The molecular weight excluding hydrogens is 222 g/mol. The van der Waals surface area contributed by atoms with Gasteiger partial charge in [-0.3, -0.25) is 0 Å². The Morgan fingerprint density at radius 3 is 2.61 bits per heavy atom. The Balaban J connectivity index is 2.64. The first kappa shape index (κ1) is 15.2. The summed E-state index contributed by atoms with van der Waals surface area (Å²) in [5.41, 5.74) is 4.03. The van der Waals surface area contributed by atoms with E-state index in [-0.39, 0.29) is 0 Å². The first-order valence-corrected chi connectivity index (χ1v) is 7.07. The third-order valence-corrected chi connectivity index (χ3v) is 3.18. The maximum atomic E-state index is 5.77. The quantitative estimate of drug-likeness (QED) is 0.708. The molecule has 102 valence electrons. The molecule has 2 nitrogen and oxygen atoms in total. The first-order chi connectivity index (χ1) is 8.69. The van der Waals surface area contributed by atoms with Crippen LogP contribution in [0, 0.1) is 13.8 Å². The molecule has 1 unspecified atom stereocenters. The second-order valence-electron chi connectivity index (χ2n) is 4.90. The zero-order valence-corrected chi connectivity index (χ0v) is 12.3. The molecule has 0 aromatic heterocycles. The Labute approximate surface area is 112 Å². The van der Waals surface area contributed by atoms with Gasteiger partial charge in [-0.2, -0.15) is 0 Å². The van der Waals surface area contributed by atoms with Crippen molar-refractivity contribution in [3.63, 3.8) is 0 Å². The highest BCUT2D eigenvalue weighted by atomic mass is 16.5. The standard InChI is InChI=1S/C16H27NO/c1-5-7-10-18-12-16(17-6-2)15-9-8-13(3)11-14(15)4/h8-9,11,16-17H,5-7,10,12H2,1-4H3. The number of ether oxygens (including phenoxy) is 1. The third-order valence-electron chi connectivity index (χ3n) is 3.18. The summed E-state index contributed by atoms with van der Waals surface area (Å²) in [6, 6.07) is 6.96. The van der Waals surface area contributed by atoms with Crippen LogP contribution in [0.4, 0.5) is 0 Å². The Kier molecular flexibility index (Phi) is 6.99. The lowest BCUT2D eigenvalue weighted by molar-refractivity contribution is 0.109. The second kappa shape index (κ2) is 8.28. The van der Waals surface area contributed by atoms with Crippen LogP contribution in [0.5, 0.6) is 0 Å². The van der Waals surface area contributed by atoms with E-state index in [9.17, 15) is 0 Å². The summed E-state index contributed by atoms with van der Waals surface area (Å²) in [4.78, 5) is 0. The van der Waals surface area contributed by atoms with Crippen LogP contribution >= 0.6 is 0 Å². The fourth-order valence-corrected chi connectivity index (χ4v) is 2.17. The van der Waals surface area contributed by atoms with E-state index in [2.05, 4.69) is 51.2 Å². The minimum atomic E-state index is 0.312. The van der Waals surface area contributed by atoms with Crippen molar-refractivity contribution in [2.75, 3.05) is 19.8 Å². The van der Waals surface area contributed by atoms with Gasteiger partial charge in [0.1, 0.15) is 0 Å². The molecule has 0 radical (unpaired) electrons. The molecule has 0 aliphatic carbocycles. The lowest BCUT2D eigenvalue weighted by Crippen LogP contribution is -2.26. The number of hydrogen-bond acceptors (Lipinski definition) is 2. The smallest absolute Gasteiger partial charge is 0.0661 e. The third kappa shape index (κ3) is 4.79. The summed E-state index contributed by atoms with van der Waals surface area (Å²) in [6.45, 7) is 11.2. The van der Waals surface area contributed by atoms with Crippen molar-refractivity contribution in [2.24, 2.45) is 0 Å². The Hall–Kier alpha value is -0.860. The van der Waals surface area contributed by atoms with E-state index in [1.807, 2.05) is 0 Å². The van der Waals surface area contributed by atoms with Gasteiger partial charge in [-0.25, -0.2) is 0 Å². The average molecular weight is 249 g/mol. The maximum absolute atomic E-state index is 5.77. The predicted octanol–water partition coefficient (Wildman–Crippen LogP) is 3.77. The van der Waals surface area contributed by atoms with Crippen LogP contribution in [0.1, 0.15) is 49.4 Å². The van der Waals surface area contributed by atoms with Gasteiger partial charge in [0.15, 0.2) is 0 Å². The highest BCUT2D eigenvalue weighted by Gasteiger charge is 2.12. The summed E-state index contributed by atoms with van der Waals surface area (Å²) >= 11 is 0. The molecule has 1 atom stereocenters. The molecule has 1 aromatic rings. The van der Waals surface area contributed by atoms with Crippen LogP contribution in [0.3, 0.4) is 0 Å². The Morgan fingerprint density at radius 1 is 1.22 bits per heavy atom. The Morgan fingerprint density at radius 2 is 2.00 bits per heavy atom. The topological polar surface area (TPSA) is 21.3 Å². The zero-order chi connectivity index (χ0) is 13.4. The van der Waals surface area contributed by atoms with Crippen molar-refractivity contribution in [1.82, 2.24) is 5.32 Å². The van der Waals surface area contributed by atoms with Crippen molar-refractivity contribution < 1.29 is 4.74 Å². The number of benzene rings is 1. The van der Waals surface area contributed by atoms with Gasteiger partial charge in [0, 0.05) is 6.61 Å². The molecule has 0 saturated carbocycles.